The lowest BCUT2D eigenvalue weighted by molar-refractivity contribution is 0.853. The zero-order valence-corrected chi connectivity index (χ0v) is 8.02. The summed E-state index contributed by atoms with van der Waals surface area (Å²) in [5, 5.41) is 0. The first-order valence-corrected chi connectivity index (χ1v) is 4.05. The first kappa shape index (κ1) is 10.2. The van der Waals surface area contributed by atoms with Crippen LogP contribution in [0.2, 0.25) is 0 Å². The van der Waals surface area contributed by atoms with Crippen LogP contribution in [0.3, 0.4) is 0 Å². The van der Waals surface area contributed by atoms with Gasteiger partial charge in [-0.1, -0.05) is 42.9 Å². The number of rotatable bonds is 3. The molecule has 0 nitrogen and oxygen atoms in total. The summed E-state index contributed by atoms with van der Waals surface area (Å²) < 4.78 is 0. The van der Waals surface area contributed by atoms with Crippen molar-refractivity contribution in [3.05, 3.63) is 36.0 Å². The maximum Gasteiger partial charge on any atom is -0.00488 e. The maximum atomic E-state index is 3.71. The average molecular weight is 150 g/mol. The molecule has 0 aromatic heterocycles. The lowest BCUT2D eigenvalue weighted by atomic mass is 10.00. The highest BCUT2D eigenvalue weighted by Crippen LogP contribution is 2.13. The Balaban J connectivity index is 4.27. The van der Waals surface area contributed by atoms with E-state index in [1.54, 1.807) is 0 Å². The van der Waals surface area contributed by atoms with Crippen LogP contribution in [0.15, 0.2) is 36.0 Å². The molecule has 0 radical (unpaired) electrons. The van der Waals surface area contributed by atoms with Gasteiger partial charge in [-0.15, -0.1) is 0 Å². The van der Waals surface area contributed by atoms with E-state index in [1.807, 2.05) is 6.08 Å². The molecular formula is C11H18. The minimum Gasteiger partial charge on any atom is -0.0988 e. The Kier molecular flexibility index (Phi) is 4.60. The van der Waals surface area contributed by atoms with Crippen molar-refractivity contribution >= 4 is 0 Å². The topological polar surface area (TPSA) is 0 Å². The van der Waals surface area contributed by atoms with Crippen molar-refractivity contribution < 1.29 is 0 Å². The average Bonchev–Trinajstić information content (AvgIpc) is 2.02. The second-order valence-electron chi connectivity index (χ2n) is 2.94. The smallest absolute Gasteiger partial charge is 0.00488 e. The molecule has 0 rings (SSSR count). The quantitative estimate of drug-likeness (QED) is 0.425. The van der Waals surface area contributed by atoms with Gasteiger partial charge < -0.3 is 0 Å². The maximum absolute atomic E-state index is 3.71. The van der Waals surface area contributed by atoms with E-state index in [9.17, 15) is 0 Å². The lowest BCUT2D eigenvalue weighted by Gasteiger charge is -2.06. The van der Waals surface area contributed by atoms with Gasteiger partial charge in [0, 0.05) is 0 Å². The molecule has 11 heavy (non-hydrogen) atoms. The minimum atomic E-state index is 0.540. The molecule has 1 unspecified atom stereocenters. The fourth-order valence-electron chi connectivity index (χ4n) is 0.857. The molecule has 0 saturated heterocycles. The standard InChI is InChI=1S/C11H18/c1-6-9(3)8-11(5)10(4)7-2/h6-8,11H,1H2,2-5H3. The summed E-state index contributed by atoms with van der Waals surface area (Å²) in [5.74, 6) is 0.540. The molecule has 1 atom stereocenters. The summed E-state index contributed by atoms with van der Waals surface area (Å²) in [7, 11) is 0. The first-order valence-electron chi connectivity index (χ1n) is 4.05. The zero-order chi connectivity index (χ0) is 8.85. The molecule has 0 heterocycles. The molecular weight excluding hydrogens is 132 g/mol. The van der Waals surface area contributed by atoms with E-state index in [0.717, 1.165) is 0 Å². The molecule has 0 heteroatoms. The van der Waals surface area contributed by atoms with Gasteiger partial charge in [-0.2, -0.15) is 0 Å². The lowest BCUT2D eigenvalue weighted by Crippen LogP contribution is -1.91. The summed E-state index contributed by atoms with van der Waals surface area (Å²) in [6.07, 6.45) is 6.26. The van der Waals surface area contributed by atoms with Crippen LogP contribution >= 0.6 is 0 Å². The third-order valence-corrected chi connectivity index (χ3v) is 2.01. The van der Waals surface area contributed by atoms with Gasteiger partial charge in [0.15, 0.2) is 0 Å². The van der Waals surface area contributed by atoms with E-state index >= 15 is 0 Å². The van der Waals surface area contributed by atoms with Gasteiger partial charge >= 0.3 is 0 Å². The van der Waals surface area contributed by atoms with Crippen LogP contribution in [0.1, 0.15) is 27.7 Å². The van der Waals surface area contributed by atoms with Crippen LogP contribution in [0, 0.1) is 5.92 Å². The van der Waals surface area contributed by atoms with E-state index in [2.05, 4.69) is 46.4 Å². The van der Waals surface area contributed by atoms with Crippen LogP contribution < -0.4 is 0 Å². The van der Waals surface area contributed by atoms with E-state index in [4.69, 9.17) is 0 Å². The zero-order valence-electron chi connectivity index (χ0n) is 8.02. The Morgan fingerprint density at radius 2 is 1.91 bits per heavy atom. The summed E-state index contributed by atoms with van der Waals surface area (Å²) >= 11 is 0. The van der Waals surface area contributed by atoms with Crippen molar-refractivity contribution in [1.29, 1.82) is 0 Å². The van der Waals surface area contributed by atoms with Crippen LogP contribution in [0.5, 0.6) is 0 Å². The van der Waals surface area contributed by atoms with Gasteiger partial charge in [-0.3, -0.25) is 0 Å². The fourth-order valence-corrected chi connectivity index (χ4v) is 0.857. The highest BCUT2D eigenvalue weighted by molar-refractivity contribution is 5.19. The third-order valence-electron chi connectivity index (χ3n) is 2.01. The second kappa shape index (κ2) is 4.95. The van der Waals surface area contributed by atoms with Crippen LogP contribution in [0.25, 0.3) is 0 Å². The van der Waals surface area contributed by atoms with Crippen molar-refractivity contribution in [3.8, 4) is 0 Å². The molecule has 0 fully saturated rings. The molecule has 0 aromatic rings. The van der Waals surface area contributed by atoms with E-state index < -0.39 is 0 Å². The van der Waals surface area contributed by atoms with Crippen LogP contribution in [0.4, 0.5) is 0 Å². The largest absolute Gasteiger partial charge is 0.0988 e. The Labute approximate surface area is 70.3 Å². The number of allylic oxidation sites excluding steroid dienone is 5. The summed E-state index contributed by atoms with van der Waals surface area (Å²) in [6, 6.07) is 0. The first-order chi connectivity index (χ1) is 5.11. The highest BCUT2D eigenvalue weighted by atomic mass is 14.0. The summed E-state index contributed by atoms with van der Waals surface area (Å²) in [5.41, 5.74) is 2.66. The molecule has 0 bridgehead atoms. The molecule has 0 amide bonds. The van der Waals surface area contributed by atoms with Crippen LogP contribution in [-0.2, 0) is 0 Å². The predicted molar refractivity (Wildman–Crippen MR) is 52.5 cm³/mol. The summed E-state index contributed by atoms with van der Waals surface area (Å²) in [6.45, 7) is 12.2. The molecule has 0 aliphatic rings. The number of hydrogen-bond acceptors (Lipinski definition) is 0. The van der Waals surface area contributed by atoms with E-state index in [0.29, 0.717) is 5.92 Å². The normalized spacial score (nSPS) is 16.4. The van der Waals surface area contributed by atoms with Crippen molar-refractivity contribution in [2.75, 3.05) is 0 Å². The van der Waals surface area contributed by atoms with Gasteiger partial charge in [-0.05, 0) is 26.7 Å². The number of hydrogen-bond donors (Lipinski definition) is 0. The van der Waals surface area contributed by atoms with E-state index in [1.165, 1.54) is 11.1 Å². The summed E-state index contributed by atoms with van der Waals surface area (Å²) in [4.78, 5) is 0. The molecule has 0 aromatic carbocycles. The van der Waals surface area contributed by atoms with Gasteiger partial charge in [0.1, 0.15) is 0 Å². The van der Waals surface area contributed by atoms with Crippen molar-refractivity contribution in [2.45, 2.75) is 27.7 Å². The second-order valence-corrected chi connectivity index (χ2v) is 2.94. The fraction of sp³-hybridized carbons (Fsp3) is 0.455. The third kappa shape index (κ3) is 3.82. The highest BCUT2D eigenvalue weighted by Gasteiger charge is 1.97. The molecule has 0 saturated carbocycles. The molecule has 0 aliphatic heterocycles. The Morgan fingerprint density at radius 3 is 2.27 bits per heavy atom. The molecule has 0 aliphatic carbocycles. The SMILES string of the molecule is C=CC(C)=CC(C)C(C)=CC. The van der Waals surface area contributed by atoms with Gasteiger partial charge in [-0.25, -0.2) is 0 Å². The van der Waals surface area contributed by atoms with Gasteiger partial charge in [0.05, 0.1) is 0 Å². The molecule has 62 valence electrons. The Morgan fingerprint density at radius 1 is 1.36 bits per heavy atom. The molecule has 0 spiro atoms. The van der Waals surface area contributed by atoms with Crippen molar-refractivity contribution in [2.24, 2.45) is 5.92 Å². The molecule has 0 N–H and O–H groups in total. The van der Waals surface area contributed by atoms with E-state index in [-0.39, 0.29) is 0 Å². The predicted octanol–water partition coefficient (Wildman–Crippen LogP) is 3.72. The minimum absolute atomic E-state index is 0.540. The van der Waals surface area contributed by atoms with Crippen molar-refractivity contribution in [1.82, 2.24) is 0 Å². The Bertz CT molecular complexity index is 182. The van der Waals surface area contributed by atoms with Crippen molar-refractivity contribution in [3.63, 3.8) is 0 Å². The van der Waals surface area contributed by atoms with Crippen LogP contribution in [-0.4, -0.2) is 0 Å². The van der Waals surface area contributed by atoms with Gasteiger partial charge in [0.25, 0.3) is 0 Å². The van der Waals surface area contributed by atoms with Gasteiger partial charge in [0.2, 0.25) is 0 Å². The Hall–Kier alpha value is -0.780. The monoisotopic (exact) mass is 150 g/mol.